The molecule has 2 unspecified atom stereocenters. The van der Waals surface area contributed by atoms with E-state index in [1.54, 1.807) is 0 Å². The van der Waals surface area contributed by atoms with Crippen LogP contribution >= 0.6 is 0 Å². The van der Waals surface area contributed by atoms with Crippen LogP contribution in [0.4, 0.5) is 0 Å². The molecule has 1 aliphatic rings. The quantitative estimate of drug-likeness (QED) is 0.841. The summed E-state index contributed by atoms with van der Waals surface area (Å²) in [7, 11) is 2.03. The summed E-state index contributed by atoms with van der Waals surface area (Å²) < 4.78 is 6.12. The number of unbranched alkanes of at least 4 members (excludes halogenated alkanes) is 1. The second-order valence-corrected chi connectivity index (χ2v) is 6.25. The maximum Gasteiger partial charge on any atom is 0.119 e. The molecule has 1 saturated carbocycles. The van der Waals surface area contributed by atoms with Gasteiger partial charge in [0.15, 0.2) is 0 Å². The molecule has 1 N–H and O–H groups in total. The number of hydrogen-bond donors (Lipinski definition) is 1. The molecule has 1 aromatic carbocycles. The molecule has 0 saturated heterocycles. The Morgan fingerprint density at radius 2 is 1.95 bits per heavy atom. The first kappa shape index (κ1) is 14.4. The third-order valence-corrected chi connectivity index (χ3v) is 4.55. The Morgan fingerprint density at radius 1 is 1.26 bits per heavy atom. The van der Waals surface area contributed by atoms with Gasteiger partial charge in [0, 0.05) is 17.9 Å². The summed E-state index contributed by atoms with van der Waals surface area (Å²) in [5, 5.41) is 3.36. The number of nitrogens with one attached hydrogen (secondary N) is 1. The van der Waals surface area contributed by atoms with E-state index >= 15 is 0 Å². The minimum Gasteiger partial charge on any atom is -0.490 e. The monoisotopic (exact) mass is 261 g/mol. The van der Waals surface area contributed by atoms with Gasteiger partial charge in [-0.3, -0.25) is 0 Å². The van der Waals surface area contributed by atoms with Crippen LogP contribution in [-0.4, -0.2) is 19.2 Å². The second kappa shape index (κ2) is 5.96. The third-order valence-electron chi connectivity index (χ3n) is 4.55. The lowest BCUT2D eigenvalue weighted by Crippen LogP contribution is -2.61. The van der Waals surface area contributed by atoms with Gasteiger partial charge in [-0.15, -0.1) is 0 Å². The van der Waals surface area contributed by atoms with Gasteiger partial charge in [-0.2, -0.15) is 0 Å². The maximum atomic E-state index is 6.12. The molecule has 0 spiro atoms. The van der Waals surface area contributed by atoms with E-state index in [0.29, 0.717) is 12.1 Å². The lowest BCUT2D eigenvalue weighted by molar-refractivity contribution is -0.0520. The first-order valence-corrected chi connectivity index (χ1v) is 7.50. The summed E-state index contributed by atoms with van der Waals surface area (Å²) in [5.41, 5.74) is 1.63. The number of aryl methyl sites for hydroxylation is 1. The fraction of sp³-hybridized carbons (Fsp3) is 0.647. The fourth-order valence-electron chi connectivity index (χ4n) is 2.86. The molecule has 1 aliphatic carbocycles. The Morgan fingerprint density at radius 3 is 2.47 bits per heavy atom. The predicted octanol–water partition coefficient (Wildman–Crippen LogP) is 3.79. The Bertz CT molecular complexity index is 396. The van der Waals surface area contributed by atoms with Gasteiger partial charge in [-0.05, 0) is 37.6 Å². The molecule has 0 radical (unpaired) electrons. The molecular formula is C17H27NO. The molecule has 0 heterocycles. The fourth-order valence-corrected chi connectivity index (χ4v) is 2.86. The number of benzene rings is 1. The summed E-state index contributed by atoms with van der Waals surface area (Å²) in [5.74, 6) is 1.01. The van der Waals surface area contributed by atoms with Gasteiger partial charge in [-0.1, -0.05) is 39.3 Å². The zero-order valence-corrected chi connectivity index (χ0v) is 12.7. The van der Waals surface area contributed by atoms with Crippen molar-refractivity contribution in [3.05, 3.63) is 29.8 Å². The second-order valence-electron chi connectivity index (χ2n) is 6.25. The van der Waals surface area contributed by atoms with Crippen molar-refractivity contribution in [2.75, 3.05) is 7.05 Å². The molecule has 0 aliphatic heterocycles. The van der Waals surface area contributed by atoms with Crippen molar-refractivity contribution in [1.29, 1.82) is 0 Å². The molecule has 0 bridgehead atoms. The van der Waals surface area contributed by atoms with Crippen molar-refractivity contribution in [1.82, 2.24) is 5.32 Å². The van der Waals surface area contributed by atoms with Crippen LogP contribution in [-0.2, 0) is 6.42 Å². The number of hydrogen-bond acceptors (Lipinski definition) is 2. The Balaban J connectivity index is 1.90. The number of ether oxygens (including phenoxy) is 1. The predicted molar refractivity (Wildman–Crippen MR) is 80.7 cm³/mol. The largest absolute Gasteiger partial charge is 0.490 e. The van der Waals surface area contributed by atoms with Crippen molar-refractivity contribution in [3.63, 3.8) is 0 Å². The van der Waals surface area contributed by atoms with Gasteiger partial charge in [-0.25, -0.2) is 0 Å². The maximum absolute atomic E-state index is 6.12. The highest BCUT2D eigenvalue weighted by Gasteiger charge is 2.49. The molecule has 2 heteroatoms. The summed E-state index contributed by atoms with van der Waals surface area (Å²) in [6, 6.07) is 9.21. The standard InChI is InChI=1S/C17H27NO/c1-5-6-7-13-8-10-14(11-9-13)19-16-12-15(18-4)17(16,2)3/h8-11,15-16,18H,5-7,12H2,1-4H3. The normalized spacial score (nSPS) is 24.8. The number of rotatable bonds is 6. The molecule has 0 aromatic heterocycles. The van der Waals surface area contributed by atoms with Crippen molar-refractivity contribution in [2.24, 2.45) is 5.41 Å². The highest BCUT2D eigenvalue weighted by atomic mass is 16.5. The molecule has 0 amide bonds. The highest BCUT2D eigenvalue weighted by Crippen LogP contribution is 2.42. The lowest BCUT2D eigenvalue weighted by Gasteiger charge is -2.51. The van der Waals surface area contributed by atoms with Gasteiger partial charge in [0.25, 0.3) is 0 Å². The van der Waals surface area contributed by atoms with E-state index in [0.717, 1.165) is 12.2 Å². The Labute approximate surface area is 117 Å². The molecular weight excluding hydrogens is 234 g/mol. The third kappa shape index (κ3) is 3.11. The molecule has 2 rings (SSSR count). The smallest absolute Gasteiger partial charge is 0.119 e. The molecule has 2 atom stereocenters. The highest BCUT2D eigenvalue weighted by molar-refractivity contribution is 5.28. The molecule has 19 heavy (non-hydrogen) atoms. The molecule has 106 valence electrons. The first-order valence-electron chi connectivity index (χ1n) is 7.50. The summed E-state index contributed by atoms with van der Waals surface area (Å²) >= 11 is 0. The SMILES string of the molecule is CCCCc1ccc(OC2CC(NC)C2(C)C)cc1. The van der Waals surface area contributed by atoms with Gasteiger partial charge in [0.05, 0.1) is 0 Å². The van der Waals surface area contributed by atoms with E-state index in [9.17, 15) is 0 Å². The van der Waals surface area contributed by atoms with E-state index in [1.807, 2.05) is 7.05 Å². The van der Waals surface area contributed by atoms with Gasteiger partial charge in [0.2, 0.25) is 0 Å². The van der Waals surface area contributed by atoms with E-state index in [4.69, 9.17) is 4.74 Å². The van der Waals surface area contributed by atoms with Crippen molar-refractivity contribution >= 4 is 0 Å². The zero-order valence-electron chi connectivity index (χ0n) is 12.7. The molecule has 1 fully saturated rings. The minimum absolute atomic E-state index is 0.218. The average molecular weight is 261 g/mol. The van der Waals surface area contributed by atoms with E-state index < -0.39 is 0 Å². The summed E-state index contributed by atoms with van der Waals surface area (Å²) in [6.07, 6.45) is 5.11. The molecule has 1 aromatic rings. The minimum atomic E-state index is 0.218. The molecule has 2 nitrogen and oxygen atoms in total. The average Bonchev–Trinajstić information content (AvgIpc) is 2.42. The Hall–Kier alpha value is -1.02. The zero-order chi connectivity index (χ0) is 13.9. The van der Waals surface area contributed by atoms with Crippen LogP contribution in [0.25, 0.3) is 0 Å². The first-order chi connectivity index (χ1) is 9.07. The summed E-state index contributed by atoms with van der Waals surface area (Å²) in [6.45, 7) is 6.78. The van der Waals surface area contributed by atoms with Crippen LogP contribution in [0, 0.1) is 5.41 Å². The van der Waals surface area contributed by atoms with Gasteiger partial charge >= 0.3 is 0 Å². The van der Waals surface area contributed by atoms with Crippen molar-refractivity contribution in [2.45, 2.75) is 58.6 Å². The van der Waals surface area contributed by atoms with Crippen LogP contribution in [0.2, 0.25) is 0 Å². The lowest BCUT2D eigenvalue weighted by atomic mass is 9.64. The van der Waals surface area contributed by atoms with Crippen LogP contribution in [0.5, 0.6) is 5.75 Å². The Kier molecular flexibility index (Phi) is 4.51. The van der Waals surface area contributed by atoms with Gasteiger partial charge in [0.1, 0.15) is 11.9 Å². The topological polar surface area (TPSA) is 21.3 Å². The van der Waals surface area contributed by atoms with E-state index in [2.05, 4.69) is 50.4 Å². The van der Waals surface area contributed by atoms with Crippen LogP contribution in [0.1, 0.15) is 45.6 Å². The van der Waals surface area contributed by atoms with E-state index in [1.165, 1.54) is 24.8 Å². The van der Waals surface area contributed by atoms with E-state index in [-0.39, 0.29) is 5.41 Å². The van der Waals surface area contributed by atoms with Crippen molar-refractivity contribution < 1.29 is 4.74 Å². The van der Waals surface area contributed by atoms with Crippen LogP contribution in [0.3, 0.4) is 0 Å². The van der Waals surface area contributed by atoms with Crippen LogP contribution < -0.4 is 10.1 Å². The van der Waals surface area contributed by atoms with Crippen molar-refractivity contribution in [3.8, 4) is 5.75 Å². The van der Waals surface area contributed by atoms with Gasteiger partial charge < -0.3 is 10.1 Å². The van der Waals surface area contributed by atoms with Crippen LogP contribution in [0.15, 0.2) is 24.3 Å². The summed E-state index contributed by atoms with van der Waals surface area (Å²) in [4.78, 5) is 0.